The molecule has 0 aromatic heterocycles. The fourth-order valence-corrected chi connectivity index (χ4v) is 7.20. The van der Waals surface area contributed by atoms with Crippen molar-refractivity contribution in [1.29, 1.82) is 0 Å². The van der Waals surface area contributed by atoms with Crippen molar-refractivity contribution < 1.29 is 9.53 Å². The molecule has 0 aromatic rings. The first-order valence-electron chi connectivity index (χ1n) is 23.7. The van der Waals surface area contributed by atoms with Crippen LogP contribution in [0, 0.1) is 5.92 Å². The van der Waals surface area contributed by atoms with Gasteiger partial charge in [-0.15, -0.1) is 0 Å². The Morgan fingerprint density at radius 2 is 0.784 bits per heavy atom. The van der Waals surface area contributed by atoms with Crippen molar-refractivity contribution in [3.8, 4) is 0 Å². The van der Waals surface area contributed by atoms with Gasteiger partial charge in [-0.3, -0.25) is 4.79 Å². The second-order valence-corrected chi connectivity index (χ2v) is 16.3. The van der Waals surface area contributed by atoms with Crippen LogP contribution < -0.4 is 0 Å². The lowest BCUT2D eigenvalue weighted by Gasteiger charge is -2.07. The Morgan fingerprint density at radius 1 is 0.431 bits per heavy atom. The summed E-state index contributed by atoms with van der Waals surface area (Å²) in [5.74, 6) is 0.951. The quantitative estimate of drug-likeness (QED) is 0.0357. The Balaban J connectivity index is 3.18. The van der Waals surface area contributed by atoms with Gasteiger partial charge >= 0.3 is 5.97 Å². The maximum Gasteiger partial charge on any atom is 0.305 e. The van der Waals surface area contributed by atoms with E-state index in [1.807, 2.05) is 0 Å². The van der Waals surface area contributed by atoms with Crippen LogP contribution in [-0.4, -0.2) is 12.6 Å². The standard InChI is InChI=1S/C49H94O2/c1-4-6-7-8-9-10-11-12-24-28-31-34-37-40-43-46-49(50)51-47-44-41-38-35-32-29-26-23-21-19-17-15-13-14-16-18-20-22-25-27-30-33-36-39-42-45-48(3)5-2/h9-10,12,24,48H,4-8,11,13-23,25-47H2,1-3H3/b10-9-,24-12-. The van der Waals surface area contributed by atoms with E-state index >= 15 is 0 Å². The molecule has 0 heterocycles. The maximum atomic E-state index is 12.0. The highest BCUT2D eigenvalue weighted by Gasteiger charge is 2.03. The van der Waals surface area contributed by atoms with Gasteiger partial charge in [-0.1, -0.05) is 244 Å². The summed E-state index contributed by atoms with van der Waals surface area (Å²) in [5.41, 5.74) is 0. The number of allylic oxidation sites excluding steroid dienone is 4. The molecule has 1 atom stereocenters. The molecule has 0 saturated heterocycles. The van der Waals surface area contributed by atoms with E-state index < -0.39 is 0 Å². The smallest absolute Gasteiger partial charge is 0.305 e. The molecule has 0 aliphatic carbocycles. The monoisotopic (exact) mass is 715 g/mol. The minimum Gasteiger partial charge on any atom is -0.466 e. The van der Waals surface area contributed by atoms with Crippen molar-refractivity contribution >= 4 is 5.97 Å². The summed E-state index contributed by atoms with van der Waals surface area (Å²) in [7, 11) is 0. The van der Waals surface area contributed by atoms with Crippen molar-refractivity contribution in [2.45, 2.75) is 271 Å². The number of unbranched alkanes of at least 4 members (excludes halogenated alkanes) is 32. The van der Waals surface area contributed by atoms with E-state index in [9.17, 15) is 4.79 Å². The summed E-state index contributed by atoms with van der Waals surface area (Å²) in [5, 5.41) is 0. The number of rotatable bonds is 43. The first-order valence-corrected chi connectivity index (χ1v) is 23.7. The molecule has 0 radical (unpaired) electrons. The van der Waals surface area contributed by atoms with Crippen LogP contribution in [0.4, 0.5) is 0 Å². The van der Waals surface area contributed by atoms with Gasteiger partial charge in [0.15, 0.2) is 0 Å². The molecular formula is C49H94O2. The highest BCUT2D eigenvalue weighted by molar-refractivity contribution is 5.69. The Kier molecular flexibility index (Phi) is 44.2. The first kappa shape index (κ1) is 49.9. The predicted molar refractivity (Wildman–Crippen MR) is 230 cm³/mol. The van der Waals surface area contributed by atoms with Crippen LogP contribution in [0.2, 0.25) is 0 Å². The molecule has 0 N–H and O–H groups in total. The second kappa shape index (κ2) is 45.1. The summed E-state index contributed by atoms with van der Waals surface area (Å²) in [6, 6.07) is 0. The van der Waals surface area contributed by atoms with E-state index in [2.05, 4.69) is 45.1 Å². The van der Waals surface area contributed by atoms with Crippen LogP contribution in [0.3, 0.4) is 0 Å². The van der Waals surface area contributed by atoms with Crippen molar-refractivity contribution in [3.05, 3.63) is 24.3 Å². The van der Waals surface area contributed by atoms with Crippen LogP contribution in [-0.2, 0) is 9.53 Å². The molecule has 2 heteroatoms. The van der Waals surface area contributed by atoms with Crippen LogP contribution in [0.25, 0.3) is 0 Å². The zero-order valence-corrected chi connectivity index (χ0v) is 35.5. The van der Waals surface area contributed by atoms with Gasteiger partial charge in [-0.25, -0.2) is 0 Å². The third kappa shape index (κ3) is 45.0. The fourth-order valence-electron chi connectivity index (χ4n) is 7.20. The second-order valence-electron chi connectivity index (χ2n) is 16.3. The van der Waals surface area contributed by atoms with Crippen molar-refractivity contribution in [2.24, 2.45) is 5.92 Å². The van der Waals surface area contributed by atoms with E-state index in [0.29, 0.717) is 13.0 Å². The summed E-state index contributed by atoms with van der Waals surface area (Å²) >= 11 is 0. The highest BCUT2D eigenvalue weighted by Crippen LogP contribution is 2.17. The van der Waals surface area contributed by atoms with Crippen LogP contribution in [0.15, 0.2) is 24.3 Å². The molecule has 0 bridgehead atoms. The van der Waals surface area contributed by atoms with Crippen LogP contribution >= 0.6 is 0 Å². The molecule has 0 saturated carbocycles. The number of hydrogen-bond donors (Lipinski definition) is 0. The third-order valence-electron chi connectivity index (χ3n) is 11.1. The lowest BCUT2D eigenvalue weighted by atomic mass is 9.99. The average Bonchev–Trinajstić information content (AvgIpc) is 3.14. The van der Waals surface area contributed by atoms with E-state index in [4.69, 9.17) is 4.74 Å². The summed E-state index contributed by atoms with van der Waals surface area (Å²) in [4.78, 5) is 12.0. The van der Waals surface area contributed by atoms with E-state index in [1.54, 1.807) is 0 Å². The summed E-state index contributed by atoms with van der Waals surface area (Å²) in [6.45, 7) is 7.60. The zero-order valence-electron chi connectivity index (χ0n) is 35.5. The molecule has 0 aliphatic heterocycles. The van der Waals surface area contributed by atoms with Crippen LogP contribution in [0.1, 0.15) is 271 Å². The predicted octanol–water partition coefficient (Wildman–Crippen LogP) is 17.5. The minimum absolute atomic E-state index is 0.0144. The number of ether oxygens (including phenoxy) is 1. The van der Waals surface area contributed by atoms with E-state index in [1.165, 1.54) is 218 Å². The summed E-state index contributed by atoms with van der Waals surface area (Å²) in [6.07, 6.45) is 61.5. The molecule has 0 fully saturated rings. The first-order chi connectivity index (χ1) is 25.2. The zero-order chi connectivity index (χ0) is 37.0. The Labute approximate surface area is 322 Å². The van der Waals surface area contributed by atoms with Gasteiger partial charge in [0.05, 0.1) is 6.61 Å². The average molecular weight is 715 g/mol. The fraction of sp³-hybridized carbons (Fsp3) is 0.898. The van der Waals surface area contributed by atoms with E-state index in [-0.39, 0.29) is 5.97 Å². The van der Waals surface area contributed by atoms with Gasteiger partial charge < -0.3 is 4.74 Å². The molecule has 2 nitrogen and oxygen atoms in total. The number of hydrogen-bond acceptors (Lipinski definition) is 2. The van der Waals surface area contributed by atoms with Gasteiger partial charge in [0, 0.05) is 6.42 Å². The largest absolute Gasteiger partial charge is 0.466 e. The molecule has 0 aliphatic rings. The molecular weight excluding hydrogens is 621 g/mol. The van der Waals surface area contributed by atoms with Gasteiger partial charge in [-0.2, -0.15) is 0 Å². The Bertz CT molecular complexity index is 709. The molecule has 1 unspecified atom stereocenters. The minimum atomic E-state index is 0.0144. The topological polar surface area (TPSA) is 26.3 Å². The third-order valence-corrected chi connectivity index (χ3v) is 11.1. The van der Waals surface area contributed by atoms with Gasteiger partial charge in [0.1, 0.15) is 0 Å². The van der Waals surface area contributed by atoms with Crippen molar-refractivity contribution in [3.63, 3.8) is 0 Å². The maximum absolute atomic E-state index is 12.0. The molecule has 0 rings (SSSR count). The normalized spacial score (nSPS) is 12.5. The van der Waals surface area contributed by atoms with Gasteiger partial charge in [-0.05, 0) is 50.9 Å². The highest BCUT2D eigenvalue weighted by atomic mass is 16.5. The van der Waals surface area contributed by atoms with Gasteiger partial charge in [0.2, 0.25) is 0 Å². The Hall–Kier alpha value is -1.05. The van der Waals surface area contributed by atoms with Crippen molar-refractivity contribution in [1.82, 2.24) is 0 Å². The van der Waals surface area contributed by atoms with Crippen molar-refractivity contribution in [2.75, 3.05) is 6.61 Å². The van der Waals surface area contributed by atoms with Crippen LogP contribution in [0.5, 0.6) is 0 Å². The number of esters is 1. The van der Waals surface area contributed by atoms with Gasteiger partial charge in [0.25, 0.3) is 0 Å². The number of carbonyl (C=O) groups is 1. The lowest BCUT2D eigenvalue weighted by molar-refractivity contribution is -0.143. The molecule has 0 aromatic carbocycles. The molecule has 0 amide bonds. The lowest BCUT2D eigenvalue weighted by Crippen LogP contribution is -2.05. The van der Waals surface area contributed by atoms with E-state index in [0.717, 1.165) is 31.6 Å². The molecule has 302 valence electrons. The molecule has 0 spiro atoms. The SMILES string of the molecule is CCCCC/C=C\C/C=C\CCCCCCCC(=O)OCCCCCCCCCCCCCCCCCCCCCCCCCCCC(C)CC. The molecule has 51 heavy (non-hydrogen) atoms. The number of carbonyl (C=O) groups excluding carboxylic acids is 1. The Morgan fingerprint density at radius 3 is 1.20 bits per heavy atom. The summed E-state index contributed by atoms with van der Waals surface area (Å²) < 4.78 is 5.47.